The highest BCUT2D eigenvalue weighted by Crippen LogP contribution is 2.26. The van der Waals surface area contributed by atoms with Crippen LogP contribution in [0.1, 0.15) is 51.9 Å². The highest BCUT2D eigenvalue weighted by atomic mass is 35.5. The zero-order valence-electron chi connectivity index (χ0n) is 10.7. The van der Waals surface area contributed by atoms with Gasteiger partial charge < -0.3 is 10.6 Å². The van der Waals surface area contributed by atoms with Crippen molar-refractivity contribution in [3.8, 4) is 0 Å². The smallest absolute Gasteiger partial charge is 0.237 e. The van der Waals surface area contributed by atoms with Gasteiger partial charge in [-0.1, -0.05) is 26.2 Å². The van der Waals surface area contributed by atoms with E-state index in [0.29, 0.717) is 6.04 Å². The summed E-state index contributed by atoms with van der Waals surface area (Å²) in [5.74, 6) is 1.06. The maximum atomic E-state index is 11.9. The molecule has 2 fully saturated rings. The van der Waals surface area contributed by atoms with Gasteiger partial charge in [-0.25, -0.2) is 0 Å². The summed E-state index contributed by atoms with van der Waals surface area (Å²) in [5, 5.41) is 6.48. The van der Waals surface area contributed by atoms with Crippen LogP contribution in [0.2, 0.25) is 0 Å². The second kappa shape index (κ2) is 7.22. The van der Waals surface area contributed by atoms with E-state index in [-0.39, 0.29) is 24.4 Å². The molecule has 1 heterocycles. The van der Waals surface area contributed by atoms with E-state index >= 15 is 0 Å². The largest absolute Gasteiger partial charge is 0.352 e. The van der Waals surface area contributed by atoms with Crippen molar-refractivity contribution in [1.29, 1.82) is 0 Å². The van der Waals surface area contributed by atoms with E-state index < -0.39 is 0 Å². The summed E-state index contributed by atoms with van der Waals surface area (Å²) in [7, 11) is 0. The number of halogens is 1. The molecule has 1 saturated heterocycles. The molecule has 3 atom stereocenters. The number of hydrogen-bond acceptors (Lipinski definition) is 2. The number of carbonyl (C=O) groups is 1. The van der Waals surface area contributed by atoms with E-state index in [9.17, 15) is 4.79 Å². The summed E-state index contributed by atoms with van der Waals surface area (Å²) in [6.45, 7) is 3.26. The summed E-state index contributed by atoms with van der Waals surface area (Å²) < 4.78 is 0. The van der Waals surface area contributed by atoms with Crippen LogP contribution in [0.5, 0.6) is 0 Å². The van der Waals surface area contributed by atoms with Gasteiger partial charge in [-0.3, -0.25) is 4.79 Å². The first-order valence-corrected chi connectivity index (χ1v) is 6.83. The van der Waals surface area contributed by atoms with Crippen molar-refractivity contribution >= 4 is 18.3 Å². The van der Waals surface area contributed by atoms with Crippen molar-refractivity contribution in [3.63, 3.8) is 0 Å². The van der Waals surface area contributed by atoms with E-state index in [1.165, 1.54) is 32.1 Å². The molecule has 0 bridgehead atoms. The van der Waals surface area contributed by atoms with Crippen LogP contribution < -0.4 is 10.6 Å². The Hall–Kier alpha value is -0.280. The van der Waals surface area contributed by atoms with Crippen LogP contribution >= 0.6 is 12.4 Å². The lowest BCUT2D eigenvalue weighted by molar-refractivity contribution is -0.123. The molecule has 17 heavy (non-hydrogen) atoms. The van der Waals surface area contributed by atoms with E-state index in [4.69, 9.17) is 0 Å². The second-order valence-electron chi connectivity index (χ2n) is 5.30. The van der Waals surface area contributed by atoms with Gasteiger partial charge in [-0.2, -0.15) is 0 Å². The molecule has 1 aliphatic heterocycles. The third-order valence-corrected chi connectivity index (χ3v) is 4.08. The Morgan fingerprint density at radius 1 is 1.29 bits per heavy atom. The van der Waals surface area contributed by atoms with Crippen LogP contribution in [0.4, 0.5) is 0 Å². The number of nitrogens with one attached hydrogen (secondary N) is 2. The van der Waals surface area contributed by atoms with Crippen LogP contribution in [-0.4, -0.2) is 24.5 Å². The Bertz CT molecular complexity index is 242. The van der Waals surface area contributed by atoms with Gasteiger partial charge in [0, 0.05) is 6.04 Å². The second-order valence-corrected chi connectivity index (χ2v) is 5.30. The fourth-order valence-corrected chi connectivity index (χ4v) is 3.00. The first-order chi connectivity index (χ1) is 7.79. The van der Waals surface area contributed by atoms with Crippen LogP contribution in [0, 0.1) is 5.92 Å². The number of carbonyl (C=O) groups excluding carboxylic acids is 1. The molecule has 3 nitrogen and oxygen atoms in total. The third kappa shape index (κ3) is 4.14. The van der Waals surface area contributed by atoms with Crippen LogP contribution in [-0.2, 0) is 4.79 Å². The minimum absolute atomic E-state index is 0. The zero-order valence-corrected chi connectivity index (χ0v) is 11.5. The molecule has 1 aliphatic carbocycles. The molecule has 0 radical (unpaired) electrons. The van der Waals surface area contributed by atoms with Gasteiger partial charge >= 0.3 is 0 Å². The first-order valence-electron chi connectivity index (χ1n) is 6.83. The molecule has 2 aliphatic rings. The van der Waals surface area contributed by atoms with Gasteiger partial charge in [0.05, 0.1) is 6.04 Å². The molecular weight excluding hydrogens is 236 g/mol. The van der Waals surface area contributed by atoms with Gasteiger partial charge in [-0.15, -0.1) is 12.4 Å². The van der Waals surface area contributed by atoms with Crippen LogP contribution in [0.3, 0.4) is 0 Å². The minimum Gasteiger partial charge on any atom is -0.352 e. The Morgan fingerprint density at radius 2 is 2.12 bits per heavy atom. The van der Waals surface area contributed by atoms with E-state index in [1.807, 2.05) is 0 Å². The lowest BCUT2D eigenvalue weighted by Crippen LogP contribution is -2.46. The zero-order chi connectivity index (χ0) is 11.4. The van der Waals surface area contributed by atoms with Crippen LogP contribution in [0.15, 0.2) is 0 Å². The average molecular weight is 261 g/mol. The fraction of sp³-hybridized carbons (Fsp3) is 0.923. The molecule has 0 aromatic rings. The summed E-state index contributed by atoms with van der Waals surface area (Å²) in [4.78, 5) is 11.9. The minimum atomic E-state index is 0. The maximum Gasteiger partial charge on any atom is 0.237 e. The van der Waals surface area contributed by atoms with E-state index in [2.05, 4.69) is 17.6 Å². The average Bonchev–Trinajstić information content (AvgIpc) is 2.83. The molecule has 3 unspecified atom stereocenters. The molecule has 0 spiro atoms. The fourth-order valence-electron chi connectivity index (χ4n) is 3.00. The predicted molar refractivity (Wildman–Crippen MR) is 72.5 cm³/mol. The highest BCUT2D eigenvalue weighted by Gasteiger charge is 2.26. The molecule has 1 amide bonds. The lowest BCUT2D eigenvalue weighted by atomic mass is 9.84. The van der Waals surface area contributed by atoms with Crippen molar-refractivity contribution in [2.45, 2.75) is 64.0 Å². The Morgan fingerprint density at radius 3 is 2.76 bits per heavy atom. The normalized spacial score (nSPS) is 32.9. The summed E-state index contributed by atoms with van der Waals surface area (Å²) in [5.41, 5.74) is 0. The van der Waals surface area contributed by atoms with Gasteiger partial charge in [0.1, 0.15) is 0 Å². The monoisotopic (exact) mass is 260 g/mol. The van der Waals surface area contributed by atoms with Crippen LogP contribution in [0.25, 0.3) is 0 Å². The SMILES string of the molecule is CCC1CCCC(NC(=O)C2CCCN2)C1.Cl. The molecule has 100 valence electrons. The quantitative estimate of drug-likeness (QED) is 0.817. The third-order valence-electron chi connectivity index (χ3n) is 4.08. The van der Waals surface area contributed by atoms with E-state index in [1.54, 1.807) is 0 Å². The van der Waals surface area contributed by atoms with Crippen molar-refractivity contribution in [2.75, 3.05) is 6.54 Å². The Balaban J connectivity index is 0.00000144. The highest BCUT2D eigenvalue weighted by molar-refractivity contribution is 5.85. The predicted octanol–water partition coefficient (Wildman–Crippen LogP) is 2.25. The maximum absolute atomic E-state index is 11.9. The number of amides is 1. The number of rotatable bonds is 3. The van der Waals surface area contributed by atoms with E-state index in [0.717, 1.165) is 25.3 Å². The molecule has 2 rings (SSSR count). The molecule has 1 saturated carbocycles. The molecule has 0 aromatic carbocycles. The summed E-state index contributed by atoms with van der Waals surface area (Å²) >= 11 is 0. The van der Waals surface area contributed by atoms with Crippen molar-refractivity contribution in [2.24, 2.45) is 5.92 Å². The van der Waals surface area contributed by atoms with Crippen molar-refractivity contribution < 1.29 is 4.79 Å². The van der Waals surface area contributed by atoms with Gasteiger partial charge in [0.25, 0.3) is 0 Å². The van der Waals surface area contributed by atoms with Crippen molar-refractivity contribution in [3.05, 3.63) is 0 Å². The molecule has 2 N–H and O–H groups in total. The Labute approximate surface area is 111 Å². The number of hydrogen-bond donors (Lipinski definition) is 2. The molecule has 0 aromatic heterocycles. The Kier molecular flexibility index (Phi) is 6.28. The van der Waals surface area contributed by atoms with Crippen molar-refractivity contribution in [1.82, 2.24) is 10.6 Å². The van der Waals surface area contributed by atoms with Gasteiger partial charge in [0.2, 0.25) is 5.91 Å². The standard InChI is InChI=1S/C13H24N2O.ClH/c1-2-10-5-3-6-11(9-10)15-13(16)12-7-4-8-14-12;/h10-12,14H,2-9H2,1H3,(H,15,16);1H. The first kappa shape index (κ1) is 14.8. The summed E-state index contributed by atoms with van der Waals surface area (Å²) in [6, 6.07) is 0.524. The molecule has 4 heteroatoms. The van der Waals surface area contributed by atoms with Gasteiger partial charge in [-0.05, 0) is 38.1 Å². The summed E-state index contributed by atoms with van der Waals surface area (Å²) in [6.07, 6.45) is 8.40. The molecular formula is C13H25ClN2O. The lowest BCUT2D eigenvalue weighted by Gasteiger charge is -2.29. The topological polar surface area (TPSA) is 41.1 Å². The van der Waals surface area contributed by atoms with Gasteiger partial charge in [0.15, 0.2) is 0 Å².